The Bertz CT molecular complexity index is 350. The summed E-state index contributed by atoms with van der Waals surface area (Å²) < 4.78 is 0. The highest BCUT2D eigenvalue weighted by atomic mass is 15.2. The van der Waals surface area contributed by atoms with E-state index in [0.717, 1.165) is 32.1 Å². The van der Waals surface area contributed by atoms with E-state index in [1.54, 1.807) is 0 Å². The molecule has 18 heavy (non-hydrogen) atoms. The lowest BCUT2D eigenvalue weighted by molar-refractivity contribution is 0.185. The van der Waals surface area contributed by atoms with E-state index >= 15 is 0 Å². The highest BCUT2D eigenvalue weighted by Crippen LogP contribution is 2.21. The van der Waals surface area contributed by atoms with Gasteiger partial charge >= 0.3 is 0 Å². The molecule has 0 saturated carbocycles. The number of nitrogens with one attached hydrogen (secondary N) is 1. The van der Waals surface area contributed by atoms with E-state index in [1.165, 1.54) is 17.5 Å². The lowest BCUT2D eigenvalue weighted by Gasteiger charge is -2.33. The molecule has 0 spiro atoms. The molecule has 2 heteroatoms. The zero-order valence-electron chi connectivity index (χ0n) is 11.9. The Kier molecular flexibility index (Phi) is 4.79. The topological polar surface area (TPSA) is 15.3 Å². The van der Waals surface area contributed by atoms with Gasteiger partial charge in [0, 0.05) is 32.2 Å². The van der Waals surface area contributed by atoms with Crippen molar-refractivity contribution < 1.29 is 0 Å². The minimum Gasteiger partial charge on any atom is -0.314 e. The first-order chi connectivity index (χ1) is 8.66. The van der Waals surface area contributed by atoms with Crippen LogP contribution < -0.4 is 5.32 Å². The number of hydrogen-bond acceptors (Lipinski definition) is 2. The van der Waals surface area contributed by atoms with E-state index in [1.807, 2.05) is 0 Å². The first-order valence-electron chi connectivity index (χ1n) is 7.20. The van der Waals surface area contributed by atoms with Gasteiger partial charge in [-0.15, -0.1) is 0 Å². The second kappa shape index (κ2) is 6.35. The van der Waals surface area contributed by atoms with Crippen molar-refractivity contribution in [2.24, 2.45) is 5.92 Å². The van der Waals surface area contributed by atoms with Gasteiger partial charge in [-0.2, -0.15) is 0 Å². The molecule has 1 aromatic carbocycles. The van der Waals surface area contributed by atoms with Crippen LogP contribution in [0.3, 0.4) is 0 Å². The average Bonchev–Trinajstić information content (AvgIpc) is 2.39. The molecular weight excluding hydrogens is 220 g/mol. The van der Waals surface area contributed by atoms with Crippen molar-refractivity contribution in [1.82, 2.24) is 10.2 Å². The smallest absolute Gasteiger partial charge is 0.0320 e. The number of nitrogens with zero attached hydrogens (tertiary/aromatic N) is 1. The fraction of sp³-hybridized carbons (Fsp3) is 0.625. The first-order valence-corrected chi connectivity index (χ1v) is 7.20. The predicted octanol–water partition coefficient (Wildman–Crippen LogP) is 2.85. The predicted molar refractivity (Wildman–Crippen MR) is 77.8 cm³/mol. The Morgan fingerprint density at radius 3 is 2.22 bits per heavy atom. The maximum absolute atomic E-state index is 3.41. The summed E-state index contributed by atoms with van der Waals surface area (Å²) >= 11 is 0. The molecule has 1 aromatic rings. The molecule has 0 radical (unpaired) electrons. The minimum atomic E-state index is 0.542. The van der Waals surface area contributed by atoms with Crippen molar-refractivity contribution in [3.05, 3.63) is 35.4 Å². The van der Waals surface area contributed by atoms with Crippen LogP contribution in [0.5, 0.6) is 0 Å². The summed E-state index contributed by atoms with van der Waals surface area (Å²) in [7, 11) is 0. The lowest BCUT2D eigenvalue weighted by Crippen LogP contribution is -2.44. The molecule has 2 nitrogen and oxygen atoms in total. The minimum absolute atomic E-state index is 0.542. The third-order valence-corrected chi connectivity index (χ3v) is 3.81. The van der Waals surface area contributed by atoms with Crippen molar-refractivity contribution in [3.8, 4) is 0 Å². The van der Waals surface area contributed by atoms with E-state index in [-0.39, 0.29) is 0 Å². The average molecular weight is 246 g/mol. The van der Waals surface area contributed by atoms with Crippen LogP contribution in [0.4, 0.5) is 0 Å². The van der Waals surface area contributed by atoms with Gasteiger partial charge in [0.2, 0.25) is 0 Å². The summed E-state index contributed by atoms with van der Waals surface area (Å²) in [5, 5.41) is 3.41. The molecule has 0 aliphatic carbocycles. The van der Waals surface area contributed by atoms with E-state index < -0.39 is 0 Å². The molecule has 1 atom stereocenters. The normalized spacial score (nSPS) is 19.1. The Morgan fingerprint density at radius 2 is 1.67 bits per heavy atom. The third-order valence-electron chi connectivity index (χ3n) is 3.81. The highest BCUT2D eigenvalue weighted by molar-refractivity contribution is 5.25. The van der Waals surface area contributed by atoms with Crippen LogP contribution in [0.2, 0.25) is 0 Å². The third kappa shape index (κ3) is 3.56. The SMILES string of the molecule is CC(C)Cc1ccc(C(C)N2CCNCC2)cc1. The van der Waals surface area contributed by atoms with Crippen LogP contribution in [-0.2, 0) is 6.42 Å². The van der Waals surface area contributed by atoms with Crippen LogP contribution in [0.15, 0.2) is 24.3 Å². The molecule has 1 saturated heterocycles. The summed E-state index contributed by atoms with van der Waals surface area (Å²) in [6.45, 7) is 11.4. The van der Waals surface area contributed by atoms with Gasteiger partial charge in [-0.25, -0.2) is 0 Å². The van der Waals surface area contributed by atoms with E-state index in [9.17, 15) is 0 Å². The molecule has 0 bridgehead atoms. The molecule has 1 aliphatic heterocycles. The molecule has 1 fully saturated rings. The highest BCUT2D eigenvalue weighted by Gasteiger charge is 2.17. The summed E-state index contributed by atoms with van der Waals surface area (Å²) in [5.74, 6) is 0.737. The van der Waals surface area contributed by atoms with Gasteiger partial charge < -0.3 is 5.32 Å². The van der Waals surface area contributed by atoms with Gasteiger partial charge in [0.1, 0.15) is 0 Å². The first kappa shape index (κ1) is 13.6. The van der Waals surface area contributed by atoms with Gasteiger partial charge in [0.05, 0.1) is 0 Å². The van der Waals surface area contributed by atoms with Crippen LogP contribution in [0.25, 0.3) is 0 Å². The van der Waals surface area contributed by atoms with Crippen LogP contribution >= 0.6 is 0 Å². The molecule has 0 amide bonds. The quantitative estimate of drug-likeness (QED) is 0.879. The monoisotopic (exact) mass is 246 g/mol. The van der Waals surface area contributed by atoms with Crippen LogP contribution in [-0.4, -0.2) is 31.1 Å². The summed E-state index contributed by atoms with van der Waals surface area (Å²) in [6.07, 6.45) is 1.18. The van der Waals surface area contributed by atoms with Gasteiger partial charge in [-0.05, 0) is 30.4 Å². The molecule has 1 aliphatic rings. The van der Waals surface area contributed by atoms with Crippen LogP contribution in [0, 0.1) is 5.92 Å². The van der Waals surface area contributed by atoms with Crippen molar-refractivity contribution in [2.45, 2.75) is 33.2 Å². The second-order valence-electron chi connectivity index (χ2n) is 5.80. The molecule has 0 aromatic heterocycles. The fourth-order valence-corrected chi connectivity index (χ4v) is 2.68. The molecule has 100 valence electrons. The van der Waals surface area contributed by atoms with Gasteiger partial charge in [-0.1, -0.05) is 38.1 Å². The Balaban J connectivity index is 1.99. The zero-order chi connectivity index (χ0) is 13.0. The zero-order valence-corrected chi connectivity index (χ0v) is 11.9. The largest absolute Gasteiger partial charge is 0.314 e. The van der Waals surface area contributed by atoms with Crippen molar-refractivity contribution in [2.75, 3.05) is 26.2 Å². The van der Waals surface area contributed by atoms with E-state index in [2.05, 4.69) is 55.3 Å². The van der Waals surface area contributed by atoms with Crippen molar-refractivity contribution in [1.29, 1.82) is 0 Å². The van der Waals surface area contributed by atoms with E-state index in [4.69, 9.17) is 0 Å². The van der Waals surface area contributed by atoms with Crippen molar-refractivity contribution >= 4 is 0 Å². The number of rotatable bonds is 4. The van der Waals surface area contributed by atoms with Gasteiger partial charge in [0.25, 0.3) is 0 Å². The van der Waals surface area contributed by atoms with Gasteiger partial charge in [0.15, 0.2) is 0 Å². The summed E-state index contributed by atoms with van der Waals surface area (Å²) in [6, 6.07) is 9.76. The molecule has 1 unspecified atom stereocenters. The number of benzene rings is 1. The molecular formula is C16H26N2. The Labute approximate surface area is 111 Å². The molecule has 1 heterocycles. The standard InChI is InChI=1S/C16H26N2/c1-13(2)12-15-4-6-16(7-5-15)14(3)18-10-8-17-9-11-18/h4-7,13-14,17H,8-12H2,1-3H3. The maximum Gasteiger partial charge on any atom is 0.0320 e. The molecule has 1 N–H and O–H groups in total. The summed E-state index contributed by atoms with van der Waals surface area (Å²) in [5.41, 5.74) is 2.91. The summed E-state index contributed by atoms with van der Waals surface area (Å²) in [4.78, 5) is 2.56. The van der Waals surface area contributed by atoms with Crippen LogP contribution in [0.1, 0.15) is 37.9 Å². The Hall–Kier alpha value is -0.860. The Morgan fingerprint density at radius 1 is 1.06 bits per heavy atom. The molecule has 2 rings (SSSR count). The number of piperazine rings is 1. The van der Waals surface area contributed by atoms with Gasteiger partial charge in [-0.3, -0.25) is 4.90 Å². The van der Waals surface area contributed by atoms with Crippen molar-refractivity contribution in [3.63, 3.8) is 0 Å². The van der Waals surface area contributed by atoms with E-state index in [0.29, 0.717) is 6.04 Å². The second-order valence-corrected chi connectivity index (χ2v) is 5.80. The lowest BCUT2D eigenvalue weighted by atomic mass is 9.99. The fourth-order valence-electron chi connectivity index (χ4n) is 2.68. The number of hydrogen-bond donors (Lipinski definition) is 1. The maximum atomic E-state index is 3.41.